The average molecular weight is 369 g/mol. The first-order valence-electron chi connectivity index (χ1n) is 7.13. The first-order chi connectivity index (χ1) is 11.9. The Morgan fingerprint density at radius 1 is 1.32 bits per heavy atom. The van der Waals surface area contributed by atoms with Gasteiger partial charge in [0, 0.05) is 5.56 Å². The second-order valence-electron chi connectivity index (χ2n) is 4.93. The molecule has 2 aromatic rings. The number of hydrogen-bond acceptors (Lipinski definition) is 4. The van der Waals surface area contributed by atoms with Gasteiger partial charge in [0.2, 0.25) is 0 Å². The Morgan fingerprint density at radius 3 is 2.68 bits per heavy atom. The monoisotopic (exact) mass is 368 g/mol. The fourth-order valence-corrected chi connectivity index (χ4v) is 2.33. The fraction of sp³-hybridized carbons (Fsp3) is 0.176. The molecule has 132 valence electrons. The van der Waals surface area contributed by atoms with E-state index >= 15 is 0 Å². The molecular formula is C17H15ClF2N2O3. The van der Waals surface area contributed by atoms with Gasteiger partial charge in [-0.2, -0.15) is 13.9 Å². The van der Waals surface area contributed by atoms with Gasteiger partial charge < -0.3 is 9.47 Å². The highest BCUT2D eigenvalue weighted by Crippen LogP contribution is 2.37. The predicted octanol–water partition coefficient (Wildman–Crippen LogP) is 4.02. The maximum absolute atomic E-state index is 12.4. The lowest BCUT2D eigenvalue weighted by atomic mass is 10.1. The molecule has 0 aliphatic heterocycles. The fourth-order valence-electron chi connectivity index (χ4n) is 2.07. The van der Waals surface area contributed by atoms with Crippen LogP contribution in [0.2, 0.25) is 5.02 Å². The van der Waals surface area contributed by atoms with E-state index in [2.05, 4.69) is 15.3 Å². The molecule has 0 fully saturated rings. The van der Waals surface area contributed by atoms with Gasteiger partial charge in [-0.3, -0.25) is 4.79 Å². The Hall–Kier alpha value is -2.67. The average Bonchev–Trinajstić information content (AvgIpc) is 2.57. The van der Waals surface area contributed by atoms with E-state index < -0.39 is 6.61 Å². The van der Waals surface area contributed by atoms with Crippen molar-refractivity contribution in [1.29, 1.82) is 0 Å². The molecule has 0 aliphatic carbocycles. The highest BCUT2D eigenvalue weighted by molar-refractivity contribution is 6.32. The standard InChI is InChI=1S/C17H15ClF2N2O3/c1-10-5-3-4-6-12(10)16(23)22-21-9-11-7-13(18)15(25-17(19)20)14(8-11)24-2/h3-9,17H,1-2H3,(H,22,23)/b21-9-. The number of benzene rings is 2. The van der Waals surface area contributed by atoms with Gasteiger partial charge in [-0.05, 0) is 36.2 Å². The summed E-state index contributed by atoms with van der Waals surface area (Å²) in [6, 6.07) is 9.84. The Kier molecular flexibility index (Phi) is 6.30. The maximum Gasteiger partial charge on any atom is 0.387 e. The van der Waals surface area contributed by atoms with Crippen molar-refractivity contribution in [2.75, 3.05) is 7.11 Å². The van der Waals surface area contributed by atoms with Gasteiger partial charge in [0.05, 0.1) is 18.3 Å². The van der Waals surface area contributed by atoms with Crippen molar-refractivity contribution >= 4 is 23.7 Å². The predicted molar refractivity (Wildman–Crippen MR) is 90.9 cm³/mol. The largest absolute Gasteiger partial charge is 0.493 e. The minimum Gasteiger partial charge on any atom is -0.493 e. The zero-order valence-electron chi connectivity index (χ0n) is 13.4. The van der Waals surface area contributed by atoms with E-state index in [0.29, 0.717) is 11.1 Å². The third kappa shape index (κ3) is 4.90. The van der Waals surface area contributed by atoms with Crippen molar-refractivity contribution in [3.05, 3.63) is 58.1 Å². The second-order valence-corrected chi connectivity index (χ2v) is 5.33. The molecule has 0 aromatic heterocycles. The highest BCUT2D eigenvalue weighted by Gasteiger charge is 2.15. The van der Waals surface area contributed by atoms with E-state index in [1.54, 1.807) is 12.1 Å². The van der Waals surface area contributed by atoms with Crippen LogP contribution in [0.3, 0.4) is 0 Å². The van der Waals surface area contributed by atoms with Gasteiger partial charge in [-0.15, -0.1) is 0 Å². The lowest BCUT2D eigenvalue weighted by molar-refractivity contribution is -0.0511. The quantitative estimate of drug-likeness (QED) is 0.618. The third-order valence-electron chi connectivity index (χ3n) is 3.23. The summed E-state index contributed by atoms with van der Waals surface area (Å²) in [5.74, 6) is -0.607. The number of amides is 1. The Bertz CT molecular complexity index is 797. The molecule has 1 N–H and O–H groups in total. The van der Waals surface area contributed by atoms with Crippen LogP contribution in [-0.4, -0.2) is 25.8 Å². The maximum atomic E-state index is 12.4. The van der Waals surface area contributed by atoms with Crippen molar-refractivity contribution < 1.29 is 23.0 Å². The number of rotatable bonds is 6. The number of carbonyl (C=O) groups is 1. The van der Waals surface area contributed by atoms with E-state index in [1.165, 1.54) is 25.5 Å². The van der Waals surface area contributed by atoms with Crippen LogP contribution in [0.15, 0.2) is 41.5 Å². The van der Waals surface area contributed by atoms with Crippen molar-refractivity contribution in [3.63, 3.8) is 0 Å². The van der Waals surface area contributed by atoms with E-state index in [1.807, 2.05) is 19.1 Å². The molecule has 0 spiro atoms. The summed E-state index contributed by atoms with van der Waals surface area (Å²) in [5.41, 5.74) is 4.14. The van der Waals surface area contributed by atoms with Crippen LogP contribution in [0.5, 0.6) is 11.5 Å². The zero-order chi connectivity index (χ0) is 18.4. The molecule has 0 atom stereocenters. The van der Waals surface area contributed by atoms with Gasteiger partial charge >= 0.3 is 6.61 Å². The normalized spacial score (nSPS) is 11.0. The van der Waals surface area contributed by atoms with E-state index in [9.17, 15) is 13.6 Å². The number of nitrogens with one attached hydrogen (secondary N) is 1. The van der Waals surface area contributed by atoms with E-state index in [-0.39, 0.29) is 22.4 Å². The molecule has 0 unspecified atom stereocenters. The summed E-state index contributed by atoms with van der Waals surface area (Å²) >= 11 is 5.93. The summed E-state index contributed by atoms with van der Waals surface area (Å²) in [5, 5.41) is 3.77. The molecule has 8 heteroatoms. The minimum absolute atomic E-state index is 0.0273. The molecule has 1 amide bonds. The lowest BCUT2D eigenvalue weighted by Crippen LogP contribution is -2.18. The lowest BCUT2D eigenvalue weighted by Gasteiger charge is -2.12. The number of alkyl halides is 2. The van der Waals surface area contributed by atoms with Crippen molar-refractivity contribution in [1.82, 2.24) is 5.43 Å². The van der Waals surface area contributed by atoms with Crippen LogP contribution in [0.25, 0.3) is 0 Å². The molecule has 0 heterocycles. The Labute approximate surface area is 148 Å². The number of halogens is 3. The van der Waals surface area contributed by atoms with Crippen molar-refractivity contribution in [2.45, 2.75) is 13.5 Å². The second kappa shape index (κ2) is 8.43. The van der Waals surface area contributed by atoms with E-state index in [0.717, 1.165) is 5.56 Å². The molecular weight excluding hydrogens is 354 g/mol. The first kappa shape index (κ1) is 18.7. The molecule has 0 saturated heterocycles. The molecule has 2 rings (SSSR count). The van der Waals surface area contributed by atoms with Crippen molar-refractivity contribution in [2.24, 2.45) is 5.10 Å². The number of methoxy groups -OCH3 is 1. The number of nitrogens with zero attached hydrogens (tertiary/aromatic N) is 1. The Balaban J connectivity index is 2.14. The zero-order valence-corrected chi connectivity index (χ0v) is 14.2. The van der Waals surface area contributed by atoms with Crippen molar-refractivity contribution in [3.8, 4) is 11.5 Å². The SMILES string of the molecule is COc1cc(/C=N\NC(=O)c2ccccc2C)cc(Cl)c1OC(F)F. The van der Waals surface area contributed by atoms with E-state index in [4.69, 9.17) is 16.3 Å². The van der Waals surface area contributed by atoms with Gasteiger partial charge in [0.1, 0.15) is 0 Å². The van der Waals surface area contributed by atoms with Crippen LogP contribution >= 0.6 is 11.6 Å². The summed E-state index contributed by atoms with van der Waals surface area (Å²) in [7, 11) is 1.30. The Morgan fingerprint density at radius 2 is 2.04 bits per heavy atom. The number of aryl methyl sites for hydroxylation is 1. The molecule has 0 aliphatic rings. The number of carbonyl (C=O) groups excluding carboxylic acids is 1. The molecule has 5 nitrogen and oxygen atoms in total. The number of hydrazone groups is 1. The smallest absolute Gasteiger partial charge is 0.387 e. The minimum atomic E-state index is -3.03. The molecule has 0 radical (unpaired) electrons. The molecule has 25 heavy (non-hydrogen) atoms. The van der Waals surface area contributed by atoms with Gasteiger partial charge in [-0.25, -0.2) is 5.43 Å². The van der Waals surface area contributed by atoms with Crippen LogP contribution in [0.1, 0.15) is 21.5 Å². The van der Waals surface area contributed by atoms with Crippen LogP contribution in [-0.2, 0) is 0 Å². The third-order valence-corrected chi connectivity index (χ3v) is 3.51. The summed E-state index contributed by atoms with van der Waals surface area (Å²) in [4.78, 5) is 12.0. The van der Waals surface area contributed by atoms with Crippen LogP contribution < -0.4 is 14.9 Å². The number of hydrogen-bond donors (Lipinski definition) is 1. The van der Waals surface area contributed by atoms with Crippen LogP contribution in [0.4, 0.5) is 8.78 Å². The summed E-state index contributed by atoms with van der Waals surface area (Å²) in [6.07, 6.45) is 1.32. The summed E-state index contributed by atoms with van der Waals surface area (Å²) < 4.78 is 34.1. The van der Waals surface area contributed by atoms with Gasteiger partial charge in [0.25, 0.3) is 5.91 Å². The molecule has 0 bridgehead atoms. The topological polar surface area (TPSA) is 59.9 Å². The number of ether oxygens (including phenoxy) is 2. The summed E-state index contributed by atoms with van der Waals surface area (Å²) in [6.45, 7) is -1.22. The first-order valence-corrected chi connectivity index (χ1v) is 7.51. The van der Waals surface area contributed by atoms with Gasteiger partial charge in [-0.1, -0.05) is 29.8 Å². The molecule has 0 saturated carbocycles. The van der Waals surface area contributed by atoms with Crippen LogP contribution in [0, 0.1) is 6.92 Å². The van der Waals surface area contributed by atoms with Gasteiger partial charge in [0.15, 0.2) is 11.5 Å². The molecule has 2 aromatic carbocycles. The highest BCUT2D eigenvalue weighted by atomic mass is 35.5.